The SMILES string of the molecule is CC(C)(C)OC(=O)NC1CCCCC1CC1CO1. The van der Waals surface area contributed by atoms with E-state index in [1.165, 1.54) is 19.3 Å². The molecular weight excluding hydrogens is 230 g/mol. The van der Waals surface area contributed by atoms with E-state index in [0.29, 0.717) is 12.0 Å². The van der Waals surface area contributed by atoms with Gasteiger partial charge < -0.3 is 14.8 Å². The maximum absolute atomic E-state index is 11.8. The fourth-order valence-corrected chi connectivity index (χ4v) is 2.68. The molecule has 4 heteroatoms. The molecule has 1 aliphatic carbocycles. The molecule has 0 aromatic rings. The molecule has 1 saturated carbocycles. The molecule has 2 aliphatic rings. The summed E-state index contributed by atoms with van der Waals surface area (Å²) in [5, 5.41) is 3.04. The van der Waals surface area contributed by atoms with Gasteiger partial charge in [0.1, 0.15) is 5.60 Å². The number of nitrogens with one attached hydrogen (secondary N) is 1. The van der Waals surface area contributed by atoms with Gasteiger partial charge in [-0.1, -0.05) is 12.8 Å². The average Bonchev–Trinajstić information content (AvgIpc) is 3.02. The third-order valence-corrected chi connectivity index (χ3v) is 3.58. The van der Waals surface area contributed by atoms with E-state index in [1.54, 1.807) is 0 Å². The van der Waals surface area contributed by atoms with Crippen LogP contribution < -0.4 is 5.32 Å². The van der Waals surface area contributed by atoms with Crippen molar-refractivity contribution in [2.75, 3.05) is 6.61 Å². The van der Waals surface area contributed by atoms with Gasteiger partial charge in [-0.05, 0) is 46.0 Å². The van der Waals surface area contributed by atoms with Crippen LogP contribution in [0.3, 0.4) is 0 Å². The quantitative estimate of drug-likeness (QED) is 0.789. The second-order valence-electron chi connectivity index (χ2n) is 6.49. The van der Waals surface area contributed by atoms with Crippen LogP contribution in [0.1, 0.15) is 52.9 Å². The molecule has 0 bridgehead atoms. The van der Waals surface area contributed by atoms with E-state index < -0.39 is 5.60 Å². The number of hydrogen-bond acceptors (Lipinski definition) is 3. The number of carbonyl (C=O) groups is 1. The summed E-state index contributed by atoms with van der Waals surface area (Å²) < 4.78 is 10.6. The Kier molecular flexibility index (Phi) is 4.15. The standard InChI is InChI=1S/C14H25NO3/c1-14(2,3)18-13(16)15-12-7-5-4-6-10(12)8-11-9-17-11/h10-12H,4-9H2,1-3H3,(H,15,16). The molecule has 4 nitrogen and oxygen atoms in total. The summed E-state index contributed by atoms with van der Waals surface area (Å²) in [6.07, 6.45) is 5.97. The van der Waals surface area contributed by atoms with E-state index in [4.69, 9.17) is 9.47 Å². The molecule has 18 heavy (non-hydrogen) atoms. The zero-order valence-corrected chi connectivity index (χ0v) is 11.7. The summed E-state index contributed by atoms with van der Waals surface area (Å²) in [6.45, 7) is 6.57. The molecule has 0 spiro atoms. The lowest BCUT2D eigenvalue weighted by atomic mass is 9.82. The summed E-state index contributed by atoms with van der Waals surface area (Å²) in [6, 6.07) is 0.262. The molecule has 1 N–H and O–H groups in total. The van der Waals surface area contributed by atoms with Gasteiger partial charge in [0.2, 0.25) is 0 Å². The first-order chi connectivity index (χ1) is 8.44. The molecule has 104 valence electrons. The second kappa shape index (κ2) is 5.47. The maximum atomic E-state index is 11.8. The Labute approximate surface area is 109 Å². The van der Waals surface area contributed by atoms with E-state index in [9.17, 15) is 4.79 Å². The third-order valence-electron chi connectivity index (χ3n) is 3.58. The third kappa shape index (κ3) is 4.48. The zero-order chi connectivity index (χ0) is 13.2. The summed E-state index contributed by atoms with van der Waals surface area (Å²) in [5.41, 5.74) is -0.423. The van der Waals surface area contributed by atoms with Crippen LogP contribution in [0.4, 0.5) is 4.79 Å². The number of alkyl carbamates (subject to hydrolysis) is 1. The van der Waals surface area contributed by atoms with Crippen LogP contribution in [0.2, 0.25) is 0 Å². The highest BCUT2D eigenvalue weighted by Crippen LogP contribution is 2.31. The first-order valence-electron chi connectivity index (χ1n) is 7.05. The van der Waals surface area contributed by atoms with Crippen LogP contribution in [-0.2, 0) is 9.47 Å². The summed E-state index contributed by atoms with van der Waals surface area (Å²) in [4.78, 5) is 11.8. The summed E-state index contributed by atoms with van der Waals surface area (Å²) >= 11 is 0. The Bertz CT molecular complexity index is 294. The highest BCUT2D eigenvalue weighted by molar-refractivity contribution is 5.68. The van der Waals surface area contributed by atoms with Crippen LogP contribution in [0.15, 0.2) is 0 Å². The van der Waals surface area contributed by atoms with Crippen LogP contribution >= 0.6 is 0 Å². The fraction of sp³-hybridized carbons (Fsp3) is 0.929. The molecule has 3 unspecified atom stereocenters. The molecule has 1 aliphatic heterocycles. The minimum absolute atomic E-state index is 0.262. The Balaban J connectivity index is 1.82. The van der Waals surface area contributed by atoms with Crippen molar-refractivity contribution in [3.8, 4) is 0 Å². The van der Waals surface area contributed by atoms with Gasteiger partial charge >= 0.3 is 6.09 Å². The van der Waals surface area contributed by atoms with Crippen molar-refractivity contribution in [3.63, 3.8) is 0 Å². The van der Waals surface area contributed by atoms with E-state index in [-0.39, 0.29) is 12.1 Å². The number of amides is 1. The van der Waals surface area contributed by atoms with E-state index in [1.807, 2.05) is 20.8 Å². The van der Waals surface area contributed by atoms with E-state index >= 15 is 0 Å². The predicted molar refractivity (Wildman–Crippen MR) is 69.5 cm³/mol. The van der Waals surface area contributed by atoms with E-state index in [2.05, 4.69) is 5.32 Å². The molecule has 2 fully saturated rings. The summed E-state index contributed by atoms with van der Waals surface area (Å²) in [5.74, 6) is 0.554. The highest BCUT2D eigenvalue weighted by atomic mass is 16.6. The minimum atomic E-state index is -0.423. The number of ether oxygens (including phenoxy) is 2. The monoisotopic (exact) mass is 255 g/mol. The van der Waals surface area contributed by atoms with Gasteiger partial charge in [0.25, 0.3) is 0 Å². The lowest BCUT2D eigenvalue weighted by molar-refractivity contribution is 0.0463. The second-order valence-corrected chi connectivity index (χ2v) is 6.49. The van der Waals surface area contributed by atoms with Gasteiger partial charge in [0.15, 0.2) is 0 Å². The van der Waals surface area contributed by atoms with Crippen LogP contribution in [0, 0.1) is 5.92 Å². The predicted octanol–water partition coefficient (Wildman–Crippen LogP) is 2.86. The van der Waals surface area contributed by atoms with Gasteiger partial charge in [0.05, 0.1) is 12.7 Å². The number of carbonyl (C=O) groups excluding carboxylic acids is 1. The van der Waals surface area contributed by atoms with Gasteiger partial charge in [0, 0.05) is 6.04 Å². The topological polar surface area (TPSA) is 50.9 Å². The van der Waals surface area contributed by atoms with Crippen LogP contribution in [-0.4, -0.2) is 30.4 Å². The van der Waals surface area contributed by atoms with Gasteiger partial charge in [-0.2, -0.15) is 0 Å². The van der Waals surface area contributed by atoms with Crippen molar-refractivity contribution < 1.29 is 14.3 Å². The fourth-order valence-electron chi connectivity index (χ4n) is 2.68. The Morgan fingerprint density at radius 2 is 2.00 bits per heavy atom. The molecule has 2 rings (SSSR count). The van der Waals surface area contributed by atoms with Crippen molar-refractivity contribution in [2.45, 2.75) is 70.6 Å². The smallest absolute Gasteiger partial charge is 0.407 e. The van der Waals surface area contributed by atoms with Crippen molar-refractivity contribution in [1.29, 1.82) is 0 Å². The minimum Gasteiger partial charge on any atom is -0.444 e. The first-order valence-corrected chi connectivity index (χ1v) is 7.05. The molecular formula is C14H25NO3. The maximum Gasteiger partial charge on any atom is 0.407 e. The van der Waals surface area contributed by atoms with Gasteiger partial charge in [-0.15, -0.1) is 0 Å². The van der Waals surface area contributed by atoms with Crippen molar-refractivity contribution in [1.82, 2.24) is 5.32 Å². The molecule has 0 radical (unpaired) electrons. The van der Waals surface area contributed by atoms with Crippen molar-refractivity contribution in [2.24, 2.45) is 5.92 Å². The van der Waals surface area contributed by atoms with Crippen LogP contribution in [0.25, 0.3) is 0 Å². The Morgan fingerprint density at radius 1 is 1.33 bits per heavy atom. The average molecular weight is 255 g/mol. The first kappa shape index (κ1) is 13.7. The Morgan fingerprint density at radius 3 is 2.61 bits per heavy atom. The van der Waals surface area contributed by atoms with Crippen molar-refractivity contribution in [3.05, 3.63) is 0 Å². The zero-order valence-electron chi connectivity index (χ0n) is 11.7. The number of epoxide rings is 1. The van der Waals surface area contributed by atoms with E-state index in [0.717, 1.165) is 19.4 Å². The van der Waals surface area contributed by atoms with Crippen LogP contribution in [0.5, 0.6) is 0 Å². The molecule has 0 aromatic carbocycles. The molecule has 1 amide bonds. The molecule has 0 aromatic heterocycles. The van der Waals surface area contributed by atoms with Gasteiger partial charge in [-0.3, -0.25) is 0 Å². The molecule has 1 heterocycles. The van der Waals surface area contributed by atoms with Crippen molar-refractivity contribution >= 4 is 6.09 Å². The molecule has 3 atom stereocenters. The summed E-state index contributed by atoms with van der Waals surface area (Å²) in [7, 11) is 0. The van der Waals surface area contributed by atoms with Gasteiger partial charge in [-0.25, -0.2) is 4.79 Å². The number of rotatable bonds is 3. The lowest BCUT2D eigenvalue weighted by Gasteiger charge is -2.32. The largest absolute Gasteiger partial charge is 0.444 e. The Hall–Kier alpha value is -0.770. The normalized spacial score (nSPS) is 31.8. The number of hydrogen-bond donors (Lipinski definition) is 1. The highest BCUT2D eigenvalue weighted by Gasteiger charge is 2.33. The molecule has 1 saturated heterocycles. The lowest BCUT2D eigenvalue weighted by Crippen LogP contribution is -2.44.